The molecule has 0 radical (unpaired) electrons. The molecule has 1 aliphatic rings. The van der Waals surface area contributed by atoms with Crippen LogP contribution in [0.5, 0.6) is 11.5 Å². The lowest BCUT2D eigenvalue weighted by atomic mass is 10.2. The van der Waals surface area contributed by atoms with Crippen molar-refractivity contribution in [3.63, 3.8) is 0 Å². The third-order valence-electron chi connectivity index (χ3n) is 5.37. The number of aromatic amines is 1. The van der Waals surface area contributed by atoms with Gasteiger partial charge in [0.05, 0.1) is 45.0 Å². The zero-order valence-electron chi connectivity index (χ0n) is 18.8. The number of methoxy groups -OCH3 is 2. The van der Waals surface area contributed by atoms with E-state index in [4.69, 9.17) is 18.9 Å². The molecule has 1 aliphatic heterocycles. The first-order valence-corrected chi connectivity index (χ1v) is 10.6. The highest BCUT2D eigenvalue weighted by atomic mass is 16.5. The van der Waals surface area contributed by atoms with Crippen molar-refractivity contribution in [3.05, 3.63) is 17.8 Å². The van der Waals surface area contributed by atoms with Gasteiger partial charge in [0.25, 0.3) is 0 Å². The van der Waals surface area contributed by atoms with Crippen molar-refractivity contribution in [1.29, 1.82) is 0 Å². The van der Waals surface area contributed by atoms with Crippen LogP contribution >= 0.6 is 0 Å². The van der Waals surface area contributed by atoms with Gasteiger partial charge < -0.3 is 34.1 Å². The third kappa shape index (κ3) is 5.29. The average molecular weight is 435 g/mol. The number of H-pyrrole nitrogens is 1. The third-order valence-corrected chi connectivity index (χ3v) is 5.37. The number of carbonyl (C=O) groups excluding carboxylic acids is 2. The van der Waals surface area contributed by atoms with Crippen LogP contribution in [0.1, 0.15) is 37.7 Å². The number of aromatic nitrogens is 1. The van der Waals surface area contributed by atoms with Gasteiger partial charge in [0.2, 0.25) is 5.91 Å². The maximum atomic E-state index is 12.8. The first kappa shape index (κ1) is 22.9. The Bertz CT molecular complexity index is 931. The van der Waals surface area contributed by atoms with E-state index >= 15 is 0 Å². The topological polar surface area (TPSA) is 103 Å². The van der Waals surface area contributed by atoms with Gasteiger partial charge in [-0.2, -0.15) is 0 Å². The molecule has 1 aromatic heterocycles. The number of quaternary nitrogens is 1. The summed E-state index contributed by atoms with van der Waals surface area (Å²) in [5.74, 6) is 0.318. The van der Waals surface area contributed by atoms with Crippen LogP contribution < -0.4 is 19.7 Å². The minimum absolute atomic E-state index is 0.166. The summed E-state index contributed by atoms with van der Waals surface area (Å²) >= 11 is 0. The van der Waals surface area contributed by atoms with E-state index in [1.165, 1.54) is 19.1 Å². The zero-order chi connectivity index (χ0) is 22.5. The first-order valence-electron chi connectivity index (χ1n) is 10.6. The molecule has 0 saturated carbocycles. The fourth-order valence-corrected chi connectivity index (χ4v) is 4.09. The molecule has 0 bridgehead atoms. The number of amides is 1. The number of anilines is 1. The van der Waals surface area contributed by atoms with E-state index in [2.05, 4.69) is 24.1 Å². The lowest BCUT2D eigenvalue weighted by molar-refractivity contribution is -0.914. The molecular formula is C22H32N3O6+. The van der Waals surface area contributed by atoms with Gasteiger partial charge in [0.15, 0.2) is 11.5 Å². The molecule has 31 heavy (non-hydrogen) atoms. The molecular weight excluding hydrogens is 402 g/mol. The molecule has 9 nitrogen and oxygen atoms in total. The molecule has 1 fully saturated rings. The number of hydrogen-bond acceptors (Lipinski definition) is 6. The van der Waals surface area contributed by atoms with Gasteiger partial charge in [0, 0.05) is 11.5 Å². The largest absolute Gasteiger partial charge is 0.493 e. The average Bonchev–Trinajstić information content (AvgIpc) is 3.08. The number of nitrogens with one attached hydrogen (secondary N) is 3. The summed E-state index contributed by atoms with van der Waals surface area (Å²) in [6.07, 6.45) is 0.679. The predicted octanol–water partition coefficient (Wildman–Crippen LogP) is 1.38. The second kappa shape index (κ2) is 10.0. The number of hydrogen-bond donors (Lipinski definition) is 3. The quantitative estimate of drug-likeness (QED) is 0.543. The Balaban J connectivity index is 1.83. The number of esters is 1. The lowest BCUT2D eigenvalue weighted by Gasteiger charge is -2.32. The molecule has 0 unspecified atom stereocenters. The summed E-state index contributed by atoms with van der Waals surface area (Å²) in [4.78, 5) is 29.7. The Morgan fingerprint density at radius 2 is 1.81 bits per heavy atom. The van der Waals surface area contributed by atoms with Crippen LogP contribution in [0.4, 0.5) is 5.69 Å². The number of rotatable bonds is 8. The number of morpholine rings is 1. The Kier molecular flexibility index (Phi) is 7.40. The fourth-order valence-electron chi connectivity index (χ4n) is 4.09. The van der Waals surface area contributed by atoms with Crippen molar-refractivity contribution in [1.82, 2.24) is 4.98 Å². The number of fused-ring (bicyclic) bond motifs is 1. The lowest BCUT2D eigenvalue weighted by Crippen LogP contribution is -3.15. The zero-order valence-corrected chi connectivity index (χ0v) is 18.8. The van der Waals surface area contributed by atoms with Crippen LogP contribution in [0, 0.1) is 0 Å². The Morgan fingerprint density at radius 1 is 1.16 bits per heavy atom. The highest BCUT2D eigenvalue weighted by Gasteiger charge is 2.27. The van der Waals surface area contributed by atoms with E-state index in [9.17, 15) is 9.59 Å². The Labute approximate surface area is 182 Å². The molecule has 9 heteroatoms. The van der Waals surface area contributed by atoms with Gasteiger partial charge in [0.1, 0.15) is 31.0 Å². The van der Waals surface area contributed by atoms with Crippen molar-refractivity contribution in [2.75, 3.05) is 45.8 Å². The normalized spacial score (nSPS) is 21.0. The molecule has 3 N–H and O–H groups in total. The molecule has 1 amide bonds. The molecule has 1 saturated heterocycles. The van der Waals surface area contributed by atoms with Gasteiger partial charge in [-0.25, -0.2) is 4.79 Å². The van der Waals surface area contributed by atoms with E-state index in [0.29, 0.717) is 41.1 Å². The number of ether oxygens (including phenoxy) is 4. The minimum Gasteiger partial charge on any atom is -0.493 e. The van der Waals surface area contributed by atoms with Crippen molar-refractivity contribution < 1.29 is 33.4 Å². The van der Waals surface area contributed by atoms with E-state index < -0.39 is 5.97 Å². The Morgan fingerprint density at radius 3 is 2.42 bits per heavy atom. The fraction of sp³-hybridized carbons (Fsp3) is 0.545. The highest BCUT2D eigenvalue weighted by Crippen LogP contribution is 2.37. The van der Waals surface area contributed by atoms with Crippen molar-refractivity contribution in [2.24, 2.45) is 0 Å². The van der Waals surface area contributed by atoms with Crippen LogP contribution in [0.2, 0.25) is 0 Å². The SMILES string of the molecule is CCOC(=O)c1[nH]c2cc(OC)c(OC)cc2c1NC(=O)CC[NH+]1C[C@@H](C)O[C@H](C)C1. The summed E-state index contributed by atoms with van der Waals surface area (Å²) in [6, 6.07) is 3.47. The van der Waals surface area contributed by atoms with Crippen molar-refractivity contribution >= 4 is 28.5 Å². The Hall–Kier alpha value is -2.78. The van der Waals surface area contributed by atoms with Crippen LogP contribution in [-0.2, 0) is 14.3 Å². The maximum absolute atomic E-state index is 12.8. The van der Waals surface area contributed by atoms with Gasteiger partial charge in [-0.3, -0.25) is 4.79 Å². The van der Waals surface area contributed by atoms with E-state index in [-0.39, 0.29) is 30.4 Å². The first-order chi connectivity index (χ1) is 14.9. The van der Waals surface area contributed by atoms with Crippen LogP contribution in [0.3, 0.4) is 0 Å². The van der Waals surface area contributed by atoms with Gasteiger partial charge >= 0.3 is 5.97 Å². The van der Waals surface area contributed by atoms with Crippen molar-refractivity contribution in [3.8, 4) is 11.5 Å². The number of benzene rings is 1. The number of carbonyl (C=O) groups is 2. The second-order valence-corrected chi connectivity index (χ2v) is 7.81. The maximum Gasteiger partial charge on any atom is 0.356 e. The molecule has 0 spiro atoms. The van der Waals surface area contributed by atoms with Gasteiger partial charge in [-0.1, -0.05) is 0 Å². The van der Waals surface area contributed by atoms with Crippen LogP contribution in [0.15, 0.2) is 12.1 Å². The van der Waals surface area contributed by atoms with E-state index in [1.54, 1.807) is 19.1 Å². The summed E-state index contributed by atoms with van der Waals surface area (Å²) in [6.45, 7) is 8.50. The molecule has 2 aromatic rings. The van der Waals surface area contributed by atoms with Crippen molar-refractivity contribution in [2.45, 2.75) is 39.4 Å². The van der Waals surface area contributed by atoms with E-state index in [0.717, 1.165) is 13.1 Å². The molecule has 2 atom stereocenters. The summed E-state index contributed by atoms with van der Waals surface area (Å²) < 4.78 is 21.7. The molecule has 2 heterocycles. The van der Waals surface area contributed by atoms with Crippen LogP contribution in [-0.4, -0.2) is 69.5 Å². The summed E-state index contributed by atoms with van der Waals surface area (Å²) in [7, 11) is 3.07. The standard InChI is InChI=1S/C22H31N3O6/c1-6-30-22(27)21-20(15-9-17(28-4)18(29-5)10-16(15)23-21)24-19(26)7-8-25-11-13(2)31-14(3)12-25/h9-10,13-14,23H,6-8,11-12H2,1-5H3,(H,24,26)/p+1/t13-,14-/m1/s1. The monoisotopic (exact) mass is 434 g/mol. The smallest absolute Gasteiger partial charge is 0.356 e. The van der Waals surface area contributed by atoms with Gasteiger partial charge in [-0.15, -0.1) is 0 Å². The predicted molar refractivity (Wildman–Crippen MR) is 116 cm³/mol. The van der Waals surface area contributed by atoms with Crippen LogP contribution in [0.25, 0.3) is 10.9 Å². The van der Waals surface area contributed by atoms with E-state index in [1.807, 2.05) is 0 Å². The second-order valence-electron chi connectivity index (χ2n) is 7.81. The highest BCUT2D eigenvalue weighted by molar-refractivity contribution is 6.11. The summed E-state index contributed by atoms with van der Waals surface area (Å²) in [5, 5.41) is 3.56. The molecule has 170 valence electrons. The molecule has 0 aliphatic carbocycles. The van der Waals surface area contributed by atoms with Gasteiger partial charge in [-0.05, 0) is 26.8 Å². The molecule has 3 rings (SSSR count). The summed E-state index contributed by atoms with van der Waals surface area (Å²) in [5.41, 5.74) is 1.22. The minimum atomic E-state index is -0.534. The molecule has 1 aromatic carbocycles.